The summed E-state index contributed by atoms with van der Waals surface area (Å²) in [6.07, 6.45) is 5.28. The first-order valence-corrected chi connectivity index (χ1v) is 10.1. The van der Waals surface area contributed by atoms with Gasteiger partial charge in [-0.05, 0) is 60.9 Å². The summed E-state index contributed by atoms with van der Waals surface area (Å²) in [7, 11) is 1.76. The summed E-state index contributed by atoms with van der Waals surface area (Å²) in [6, 6.07) is 9.59. The zero-order chi connectivity index (χ0) is 22.5. The van der Waals surface area contributed by atoms with E-state index in [1.54, 1.807) is 30.0 Å². The number of nitrogens with one attached hydrogen (secondary N) is 2. The van der Waals surface area contributed by atoms with Crippen LogP contribution < -0.4 is 16.2 Å². The average molecular weight is 417 g/mol. The van der Waals surface area contributed by atoms with Crippen molar-refractivity contribution in [3.05, 3.63) is 99.4 Å². The van der Waals surface area contributed by atoms with Gasteiger partial charge in [-0.15, -0.1) is 0 Å². The van der Waals surface area contributed by atoms with Gasteiger partial charge in [-0.3, -0.25) is 14.6 Å². The Balaban J connectivity index is 1.72. The number of nitrogens with zero attached hydrogens (tertiary/aromatic N) is 2. The number of fused-ring (bicyclic) bond motifs is 1. The minimum Gasteiger partial charge on any atom is -0.390 e. The standard InChI is InChI=1S/C25H28N4O2/c1-16-6-7-20-11-24(30)29(14-21(20)8-16)15-23(26-5)10-18(3)25(31)28-13-22-12-27-19(4)9-17(22)2/h6-12,14,26H,3,13,15H2,1-2,4-5H3,(H,28,31)/b23-10-. The third kappa shape index (κ3) is 5.48. The molecule has 3 rings (SSSR count). The molecule has 2 heterocycles. The third-order valence-electron chi connectivity index (χ3n) is 5.20. The summed E-state index contributed by atoms with van der Waals surface area (Å²) in [4.78, 5) is 29.3. The second-order valence-corrected chi connectivity index (χ2v) is 7.75. The first-order chi connectivity index (χ1) is 14.8. The zero-order valence-electron chi connectivity index (χ0n) is 18.5. The van der Waals surface area contributed by atoms with Gasteiger partial charge in [0.15, 0.2) is 0 Å². The summed E-state index contributed by atoms with van der Waals surface area (Å²) in [5.41, 5.74) is 5.03. The topological polar surface area (TPSA) is 76.0 Å². The fourth-order valence-electron chi connectivity index (χ4n) is 3.36. The van der Waals surface area contributed by atoms with Gasteiger partial charge in [0.2, 0.25) is 0 Å². The number of likely N-dealkylation sites (N-methyl/N-ethyl adjacent to an activating group) is 1. The molecular formula is C25H28N4O2. The molecule has 0 spiro atoms. The second kappa shape index (κ2) is 9.43. The Bertz CT molecular complexity index is 1240. The van der Waals surface area contributed by atoms with Gasteiger partial charge in [0.25, 0.3) is 11.5 Å². The summed E-state index contributed by atoms with van der Waals surface area (Å²) in [5, 5.41) is 7.84. The van der Waals surface area contributed by atoms with Crippen LogP contribution in [0.3, 0.4) is 0 Å². The number of rotatable bonds is 7. The number of benzene rings is 1. The highest BCUT2D eigenvalue weighted by Gasteiger charge is 2.09. The summed E-state index contributed by atoms with van der Waals surface area (Å²) in [6.45, 7) is 10.5. The molecule has 0 aliphatic heterocycles. The SMILES string of the molecule is C=C(/C=C(/Cn1cc2cc(C)ccc2cc1=O)NC)C(=O)NCc1cnc(C)cc1C. The molecule has 0 aliphatic rings. The molecule has 1 aromatic carbocycles. The minimum absolute atomic E-state index is 0.102. The lowest BCUT2D eigenvalue weighted by atomic mass is 10.1. The van der Waals surface area contributed by atoms with Crippen LogP contribution in [-0.4, -0.2) is 22.5 Å². The van der Waals surface area contributed by atoms with Crippen molar-refractivity contribution >= 4 is 16.7 Å². The van der Waals surface area contributed by atoms with Crippen molar-refractivity contribution in [3.8, 4) is 0 Å². The van der Waals surface area contributed by atoms with Crippen molar-refractivity contribution in [3.63, 3.8) is 0 Å². The Morgan fingerprint density at radius 1 is 1.16 bits per heavy atom. The molecule has 0 atom stereocenters. The fourth-order valence-corrected chi connectivity index (χ4v) is 3.36. The van der Waals surface area contributed by atoms with Crippen LogP contribution in [0.15, 0.2) is 71.4 Å². The van der Waals surface area contributed by atoms with Gasteiger partial charge in [-0.25, -0.2) is 0 Å². The molecule has 1 amide bonds. The maximum atomic E-state index is 12.5. The van der Waals surface area contributed by atoms with E-state index in [1.165, 1.54) is 0 Å². The first kappa shape index (κ1) is 22.0. The van der Waals surface area contributed by atoms with E-state index in [-0.39, 0.29) is 11.5 Å². The molecule has 0 saturated carbocycles. The van der Waals surface area contributed by atoms with E-state index in [0.717, 1.165) is 33.2 Å². The number of amides is 1. The van der Waals surface area contributed by atoms with E-state index in [4.69, 9.17) is 0 Å². The molecule has 0 unspecified atom stereocenters. The van der Waals surface area contributed by atoms with Crippen LogP contribution in [0.4, 0.5) is 0 Å². The maximum Gasteiger partial charge on any atom is 0.251 e. The molecule has 2 aromatic heterocycles. The minimum atomic E-state index is -0.269. The van der Waals surface area contributed by atoms with E-state index < -0.39 is 0 Å². The van der Waals surface area contributed by atoms with Gasteiger partial charge in [-0.1, -0.05) is 24.3 Å². The molecule has 0 saturated heterocycles. The lowest BCUT2D eigenvalue weighted by molar-refractivity contribution is -0.117. The Hall–Kier alpha value is -3.67. The number of aromatic nitrogens is 2. The van der Waals surface area contributed by atoms with Crippen molar-refractivity contribution in [1.29, 1.82) is 0 Å². The van der Waals surface area contributed by atoms with E-state index >= 15 is 0 Å². The first-order valence-electron chi connectivity index (χ1n) is 10.1. The number of carbonyl (C=O) groups excluding carboxylic acids is 1. The Labute approximate surface area is 182 Å². The van der Waals surface area contributed by atoms with Gasteiger partial charge < -0.3 is 15.2 Å². The Morgan fingerprint density at radius 3 is 2.65 bits per heavy atom. The van der Waals surface area contributed by atoms with Crippen molar-refractivity contribution in [1.82, 2.24) is 20.2 Å². The van der Waals surface area contributed by atoms with E-state index in [1.807, 2.05) is 51.2 Å². The summed E-state index contributed by atoms with van der Waals surface area (Å²) in [5.74, 6) is -0.269. The Kier molecular flexibility index (Phi) is 6.70. The highest BCUT2D eigenvalue weighted by molar-refractivity contribution is 5.95. The predicted molar refractivity (Wildman–Crippen MR) is 125 cm³/mol. The third-order valence-corrected chi connectivity index (χ3v) is 5.20. The highest BCUT2D eigenvalue weighted by atomic mass is 16.1. The number of aryl methyl sites for hydroxylation is 3. The van der Waals surface area contributed by atoms with Crippen LogP contribution in [0, 0.1) is 20.8 Å². The lowest BCUT2D eigenvalue weighted by Crippen LogP contribution is -2.26. The molecule has 160 valence electrons. The van der Waals surface area contributed by atoms with Crippen molar-refractivity contribution in [2.45, 2.75) is 33.9 Å². The van der Waals surface area contributed by atoms with E-state index in [9.17, 15) is 9.59 Å². The van der Waals surface area contributed by atoms with Gasteiger partial charge in [0.1, 0.15) is 0 Å². The number of carbonyl (C=O) groups is 1. The molecular weight excluding hydrogens is 388 g/mol. The molecule has 0 bridgehead atoms. The quantitative estimate of drug-likeness (QED) is 0.458. The lowest BCUT2D eigenvalue weighted by Gasteiger charge is -2.12. The summed E-state index contributed by atoms with van der Waals surface area (Å²) >= 11 is 0. The highest BCUT2D eigenvalue weighted by Crippen LogP contribution is 2.14. The second-order valence-electron chi connectivity index (χ2n) is 7.75. The van der Waals surface area contributed by atoms with Gasteiger partial charge >= 0.3 is 0 Å². The molecule has 31 heavy (non-hydrogen) atoms. The largest absolute Gasteiger partial charge is 0.390 e. The van der Waals surface area contributed by atoms with Crippen LogP contribution in [0.2, 0.25) is 0 Å². The zero-order valence-corrected chi connectivity index (χ0v) is 18.5. The van der Waals surface area contributed by atoms with Gasteiger partial charge in [-0.2, -0.15) is 0 Å². The normalized spacial score (nSPS) is 11.4. The van der Waals surface area contributed by atoms with E-state index in [2.05, 4.69) is 22.2 Å². The van der Waals surface area contributed by atoms with Crippen molar-refractivity contribution in [2.75, 3.05) is 7.05 Å². The van der Waals surface area contributed by atoms with Crippen LogP contribution >= 0.6 is 0 Å². The number of hydrogen-bond donors (Lipinski definition) is 2. The fraction of sp³-hybridized carbons (Fsp3) is 0.240. The molecule has 0 radical (unpaired) electrons. The molecule has 6 heteroatoms. The molecule has 2 N–H and O–H groups in total. The predicted octanol–water partition coefficient (Wildman–Crippen LogP) is 3.30. The smallest absolute Gasteiger partial charge is 0.251 e. The van der Waals surface area contributed by atoms with E-state index in [0.29, 0.717) is 24.4 Å². The number of hydrogen-bond acceptors (Lipinski definition) is 4. The monoisotopic (exact) mass is 416 g/mol. The maximum absolute atomic E-state index is 12.5. The van der Waals surface area contributed by atoms with Crippen LogP contribution in [-0.2, 0) is 17.9 Å². The number of allylic oxidation sites excluding steroid dienone is 1. The van der Waals surface area contributed by atoms with Crippen LogP contribution in [0.25, 0.3) is 10.8 Å². The Morgan fingerprint density at radius 2 is 1.94 bits per heavy atom. The van der Waals surface area contributed by atoms with Crippen LogP contribution in [0.1, 0.15) is 22.4 Å². The average Bonchev–Trinajstić information content (AvgIpc) is 2.73. The number of pyridine rings is 2. The van der Waals surface area contributed by atoms with Crippen LogP contribution in [0.5, 0.6) is 0 Å². The van der Waals surface area contributed by atoms with Gasteiger partial charge in [0.05, 0.1) is 6.54 Å². The van der Waals surface area contributed by atoms with Crippen molar-refractivity contribution < 1.29 is 4.79 Å². The van der Waals surface area contributed by atoms with Crippen molar-refractivity contribution in [2.24, 2.45) is 0 Å². The van der Waals surface area contributed by atoms with Gasteiger partial charge in [0, 0.05) is 49.0 Å². The molecule has 0 aliphatic carbocycles. The molecule has 3 aromatic rings. The molecule has 6 nitrogen and oxygen atoms in total. The molecule has 0 fully saturated rings. The summed E-state index contributed by atoms with van der Waals surface area (Å²) < 4.78 is 1.62.